The fraction of sp³-hybridized carbons (Fsp3) is 0.379. The number of ether oxygens (including phenoxy) is 2. The highest BCUT2D eigenvalue weighted by atomic mass is 32.2. The maximum absolute atomic E-state index is 13.5. The number of benzene rings is 1. The minimum atomic E-state index is -0.441. The number of allylic oxidation sites excluding steroid dienone is 1. The minimum absolute atomic E-state index is 0.0542. The monoisotopic (exact) mass is 565 g/mol. The van der Waals surface area contributed by atoms with Crippen molar-refractivity contribution in [1.82, 2.24) is 9.80 Å². The Bertz CT molecular complexity index is 1320. The quantitative estimate of drug-likeness (QED) is 0.404. The number of hydrogen-bond acceptors (Lipinski definition) is 9. The van der Waals surface area contributed by atoms with E-state index in [0.717, 1.165) is 34.1 Å². The maximum Gasteiger partial charge on any atom is 0.338 e. The molecule has 1 saturated heterocycles. The average Bonchev–Trinajstić information content (AvgIpc) is 3.62. The van der Waals surface area contributed by atoms with Crippen molar-refractivity contribution < 1.29 is 23.9 Å². The first-order valence-corrected chi connectivity index (χ1v) is 14.9. The molecular weight excluding hydrogens is 534 g/mol. The number of esters is 2. The highest BCUT2D eigenvalue weighted by Gasteiger charge is 2.42. The lowest BCUT2D eigenvalue weighted by Crippen LogP contribution is -2.44. The van der Waals surface area contributed by atoms with Gasteiger partial charge in [-0.3, -0.25) is 9.59 Å². The maximum atomic E-state index is 13.5. The normalized spacial score (nSPS) is 20.8. The molecule has 1 amide bonds. The lowest BCUT2D eigenvalue weighted by Gasteiger charge is -2.36. The zero-order chi connectivity index (χ0) is 27.4. The summed E-state index contributed by atoms with van der Waals surface area (Å²) < 4.78 is 10.9. The molecule has 2 aromatic rings. The summed E-state index contributed by atoms with van der Waals surface area (Å²) in [5.74, 6) is -1.01. The Hall–Kier alpha value is -3.37. The predicted octanol–water partition coefficient (Wildman–Crippen LogP) is 5.26. The van der Waals surface area contributed by atoms with E-state index in [1.165, 1.54) is 11.8 Å². The Kier molecular flexibility index (Phi) is 8.52. The zero-order valence-corrected chi connectivity index (χ0v) is 23.6. The summed E-state index contributed by atoms with van der Waals surface area (Å²) in [7, 11) is 0. The van der Waals surface area contributed by atoms with Crippen molar-refractivity contribution in [3.63, 3.8) is 0 Å². The van der Waals surface area contributed by atoms with Crippen LogP contribution in [0.4, 0.5) is 0 Å². The molecule has 204 valence electrons. The van der Waals surface area contributed by atoms with Crippen molar-refractivity contribution >= 4 is 46.1 Å². The van der Waals surface area contributed by atoms with Crippen LogP contribution in [0.15, 0.2) is 75.2 Å². The van der Waals surface area contributed by atoms with Gasteiger partial charge in [-0.05, 0) is 49.1 Å². The molecule has 10 heteroatoms. The third kappa shape index (κ3) is 5.96. The van der Waals surface area contributed by atoms with E-state index >= 15 is 0 Å². The van der Waals surface area contributed by atoms with E-state index in [9.17, 15) is 14.4 Å². The summed E-state index contributed by atoms with van der Waals surface area (Å²) in [6.45, 7) is 5.09. The SMILES string of the molecule is CCOC(=O)[C@@H]1CCCN(C(=O)CC2=CSC3=NC(C)=C(C(=O)OCc4ccccc4)[C@H](c4cccs4)N23)C1. The molecule has 0 radical (unpaired) electrons. The molecular formula is C29H31N3O5S2. The van der Waals surface area contributed by atoms with Gasteiger partial charge in [0.05, 0.1) is 30.2 Å². The second-order valence-electron chi connectivity index (χ2n) is 9.58. The standard InChI is InChI=1S/C29H31N3O5S2/c1-3-36-27(34)21-11-7-13-31(16-21)24(33)15-22-18-39-29-30-19(2)25(26(32(22)29)23-12-8-14-38-23)28(35)37-17-20-9-5-4-6-10-20/h4-6,8-10,12,14,18,21,26H,3,7,11,13,15-17H2,1-2H3/t21-,26+/m1/s1. The van der Waals surface area contributed by atoms with E-state index < -0.39 is 12.0 Å². The number of nitrogens with zero attached hydrogens (tertiary/aromatic N) is 3. The van der Waals surface area contributed by atoms with E-state index in [4.69, 9.17) is 14.5 Å². The predicted molar refractivity (Wildman–Crippen MR) is 151 cm³/mol. The molecule has 5 rings (SSSR count). The van der Waals surface area contributed by atoms with Crippen LogP contribution in [-0.4, -0.2) is 52.5 Å². The van der Waals surface area contributed by atoms with Crippen LogP contribution < -0.4 is 0 Å². The van der Waals surface area contributed by atoms with Gasteiger partial charge in [-0.1, -0.05) is 48.2 Å². The molecule has 0 aliphatic carbocycles. The highest BCUT2D eigenvalue weighted by Crippen LogP contribution is 2.46. The smallest absolute Gasteiger partial charge is 0.338 e. The number of hydrogen-bond donors (Lipinski definition) is 0. The van der Waals surface area contributed by atoms with Gasteiger partial charge >= 0.3 is 11.9 Å². The van der Waals surface area contributed by atoms with Gasteiger partial charge in [0.15, 0.2) is 5.17 Å². The summed E-state index contributed by atoms with van der Waals surface area (Å²) in [5.41, 5.74) is 2.77. The molecule has 8 nitrogen and oxygen atoms in total. The molecule has 0 saturated carbocycles. The molecule has 3 aliphatic rings. The van der Waals surface area contributed by atoms with Gasteiger partial charge in [-0.25, -0.2) is 9.79 Å². The Morgan fingerprint density at radius 2 is 1.92 bits per heavy atom. The Morgan fingerprint density at radius 1 is 1.10 bits per heavy atom. The zero-order valence-electron chi connectivity index (χ0n) is 22.0. The largest absolute Gasteiger partial charge is 0.466 e. The molecule has 2 atom stereocenters. The molecule has 4 heterocycles. The number of thiophene rings is 1. The van der Waals surface area contributed by atoms with Crippen LogP contribution in [0.25, 0.3) is 0 Å². The molecule has 1 fully saturated rings. The second-order valence-corrected chi connectivity index (χ2v) is 11.4. The minimum Gasteiger partial charge on any atom is -0.466 e. The van der Waals surface area contributed by atoms with E-state index in [1.54, 1.807) is 23.2 Å². The van der Waals surface area contributed by atoms with Gasteiger partial charge in [0.2, 0.25) is 5.91 Å². The van der Waals surface area contributed by atoms with Crippen LogP contribution in [-0.2, 0) is 30.5 Å². The lowest BCUT2D eigenvalue weighted by atomic mass is 9.97. The van der Waals surface area contributed by atoms with Crippen LogP contribution in [0.3, 0.4) is 0 Å². The Balaban J connectivity index is 1.35. The Labute approximate surface area is 236 Å². The summed E-state index contributed by atoms with van der Waals surface area (Å²) in [6, 6.07) is 13.1. The number of thioether (sulfide) groups is 1. The molecule has 0 bridgehead atoms. The number of likely N-dealkylation sites (tertiary alicyclic amines) is 1. The first kappa shape index (κ1) is 27.2. The van der Waals surface area contributed by atoms with Gasteiger partial charge < -0.3 is 19.3 Å². The van der Waals surface area contributed by atoms with Crippen LogP contribution in [0.5, 0.6) is 0 Å². The first-order chi connectivity index (χ1) is 19.0. The number of amides is 1. The highest BCUT2D eigenvalue weighted by molar-refractivity contribution is 8.16. The van der Waals surface area contributed by atoms with Gasteiger partial charge in [-0.15, -0.1) is 11.3 Å². The third-order valence-electron chi connectivity index (χ3n) is 6.97. The number of rotatable bonds is 8. The van der Waals surface area contributed by atoms with Gasteiger partial charge in [-0.2, -0.15) is 0 Å². The first-order valence-electron chi connectivity index (χ1n) is 13.1. The van der Waals surface area contributed by atoms with Gasteiger partial charge in [0.25, 0.3) is 0 Å². The molecule has 0 unspecified atom stereocenters. The van der Waals surface area contributed by atoms with Crippen molar-refractivity contribution in [3.05, 3.63) is 80.7 Å². The van der Waals surface area contributed by atoms with Crippen LogP contribution in [0, 0.1) is 5.92 Å². The number of amidine groups is 1. The van der Waals surface area contributed by atoms with Crippen molar-refractivity contribution in [2.24, 2.45) is 10.9 Å². The fourth-order valence-corrected chi connectivity index (χ4v) is 6.86. The third-order valence-corrected chi connectivity index (χ3v) is 8.79. The molecule has 1 aromatic carbocycles. The summed E-state index contributed by atoms with van der Waals surface area (Å²) in [6.07, 6.45) is 1.63. The van der Waals surface area contributed by atoms with Crippen molar-refractivity contribution in [1.29, 1.82) is 0 Å². The number of fused-ring (bicyclic) bond motifs is 1. The lowest BCUT2D eigenvalue weighted by molar-refractivity contribution is -0.151. The molecule has 0 spiro atoms. The molecule has 0 N–H and O–H groups in total. The Morgan fingerprint density at radius 3 is 2.67 bits per heavy atom. The number of aliphatic imine (C=N–C) groups is 1. The van der Waals surface area contributed by atoms with Crippen molar-refractivity contribution in [3.8, 4) is 0 Å². The number of piperidine rings is 1. The number of carbonyl (C=O) groups excluding carboxylic acids is 3. The summed E-state index contributed by atoms with van der Waals surface area (Å²) in [4.78, 5) is 48.7. The van der Waals surface area contributed by atoms with Gasteiger partial charge in [0.1, 0.15) is 12.6 Å². The van der Waals surface area contributed by atoms with E-state index in [1.807, 2.05) is 65.1 Å². The van der Waals surface area contributed by atoms with Crippen LogP contribution in [0.2, 0.25) is 0 Å². The van der Waals surface area contributed by atoms with Crippen LogP contribution in [0.1, 0.15) is 49.6 Å². The molecule has 3 aliphatic heterocycles. The van der Waals surface area contributed by atoms with Crippen molar-refractivity contribution in [2.45, 2.75) is 45.8 Å². The second kappa shape index (κ2) is 12.2. The number of carbonyl (C=O) groups is 3. The summed E-state index contributed by atoms with van der Waals surface area (Å²) >= 11 is 3.00. The average molecular weight is 566 g/mol. The van der Waals surface area contributed by atoms with Crippen LogP contribution >= 0.6 is 23.1 Å². The summed E-state index contributed by atoms with van der Waals surface area (Å²) in [5, 5.41) is 4.65. The molecule has 39 heavy (non-hydrogen) atoms. The van der Waals surface area contributed by atoms with Crippen molar-refractivity contribution in [2.75, 3.05) is 19.7 Å². The fourth-order valence-electron chi connectivity index (χ4n) is 5.07. The van der Waals surface area contributed by atoms with E-state index in [-0.39, 0.29) is 30.8 Å². The van der Waals surface area contributed by atoms with Gasteiger partial charge in [0, 0.05) is 23.7 Å². The molecule has 1 aromatic heterocycles. The van der Waals surface area contributed by atoms with E-state index in [0.29, 0.717) is 31.0 Å². The topological polar surface area (TPSA) is 88.5 Å². The van der Waals surface area contributed by atoms with E-state index in [2.05, 4.69) is 0 Å².